The Hall–Kier alpha value is -2.93. The molecule has 0 radical (unpaired) electrons. The van der Waals surface area contributed by atoms with Crippen LogP contribution in [0.2, 0.25) is 0 Å². The fourth-order valence-electron chi connectivity index (χ4n) is 2.60. The van der Waals surface area contributed by atoms with Crippen LogP contribution in [0.3, 0.4) is 0 Å². The van der Waals surface area contributed by atoms with E-state index in [0.29, 0.717) is 21.4 Å². The van der Waals surface area contributed by atoms with Gasteiger partial charge in [-0.2, -0.15) is 0 Å². The molecular weight excluding hydrogens is 339 g/mol. The second-order valence-electron chi connectivity index (χ2n) is 5.42. The van der Waals surface area contributed by atoms with Crippen LogP contribution in [0.4, 0.5) is 10.1 Å². The van der Waals surface area contributed by atoms with E-state index in [1.54, 1.807) is 6.07 Å². The van der Waals surface area contributed by atoms with Crippen molar-refractivity contribution in [3.63, 3.8) is 0 Å². The Kier molecular flexibility index (Phi) is 4.07. The van der Waals surface area contributed by atoms with Gasteiger partial charge in [-0.3, -0.25) is 4.79 Å². The first-order valence-electron chi connectivity index (χ1n) is 7.60. The van der Waals surface area contributed by atoms with Gasteiger partial charge < -0.3 is 10.3 Å². The van der Waals surface area contributed by atoms with Crippen LogP contribution in [-0.2, 0) is 4.79 Å². The summed E-state index contributed by atoms with van der Waals surface area (Å²) in [5.74, 6) is -0.223. The van der Waals surface area contributed by atoms with E-state index in [2.05, 4.69) is 20.3 Å². The van der Waals surface area contributed by atoms with Crippen molar-refractivity contribution in [3.05, 3.63) is 60.7 Å². The minimum atomic E-state index is -0.316. The zero-order valence-corrected chi connectivity index (χ0v) is 13.8. The molecular formula is C18H13FN4OS. The maximum absolute atomic E-state index is 13.5. The summed E-state index contributed by atoms with van der Waals surface area (Å²) in [6, 6.07) is 13.8. The number of carbonyl (C=O) groups is 1. The third-order valence-corrected chi connectivity index (χ3v) is 4.70. The predicted molar refractivity (Wildman–Crippen MR) is 97.1 cm³/mol. The Morgan fingerprint density at radius 2 is 2.00 bits per heavy atom. The minimum Gasteiger partial charge on any atom is -0.351 e. The fourth-order valence-corrected chi connectivity index (χ4v) is 3.36. The van der Waals surface area contributed by atoms with Gasteiger partial charge in [0.2, 0.25) is 5.91 Å². The number of hydrogen-bond donors (Lipinski definition) is 2. The topological polar surface area (TPSA) is 70.7 Å². The number of thioether (sulfide) groups is 1. The molecule has 0 aliphatic carbocycles. The number of halogens is 1. The van der Waals surface area contributed by atoms with Gasteiger partial charge in [0.15, 0.2) is 0 Å². The summed E-state index contributed by atoms with van der Waals surface area (Å²) < 4.78 is 13.5. The van der Waals surface area contributed by atoms with Crippen LogP contribution in [0.25, 0.3) is 21.9 Å². The number of H-pyrrole nitrogens is 1. The Balaban J connectivity index is 1.57. The molecule has 4 aromatic rings. The lowest BCUT2D eigenvalue weighted by molar-refractivity contribution is -0.113. The predicted octanol–water partition coefficient (Wildman–Crippen LogP) is 3.98. The van der Waals surface area contributed by atoms with E-state index in [0.717, 1.165) is 11.2 Å². The molecule has 1 amide bonds. The number of amides is 1. The van der Waals surface area contributed by atoms with Gasteiger partial charge in [0.05, 0.1) is 11.3 Å². The third-order valence-electron chi connectivity index (χ3n) is 3.71. The Morgan fingerprint density at radius 3 is 2.84 bits per heavy atom. The van der Waals surface area contributed by atoms with Crippen LogP contribution in [0.1, 0.15) is 0 Å². The summed E-state index contributed by atoms with van der Waals surface area (Å²) in [5, 5.41) is 4.19. The van der Waals surface area contributed by atoms with Gasteiger partial charge >= 0.3 is 0 Å². The van der Waals surface area contributed by atoms with Crippen LogP contribution < -0.4 is 5.32 Å². The van der Waals surface area contributed by atoms with Crippen molar-refractivity contribution in [2.75, 3.05) is 11.1 Å². The molecule has 5 nitrogen and oxygen atoms in total. The van der Waals surface area contributed by atoms with E-state index < -0.39 is 0 Å². The van der Waals surface area contributed by atoms with Crippen LogP contribution in [0, 0.1) is 5.82 Å². The lowest BCUT2D eigenvalue weighted by atomic mass is 10.2. The molecule has 0 atom stereocenters. The Labute approximate surface area is 146 Å². The molecule has 124 valence electrons. The zero-order chi connectivity index (χ0) is 17.2. The monoisotopic (exact) mass is 352 g/mol. The third kappa shape index (κ3) is 3.18. The molecule has 0 fully saturated rings. The number of rotatable bonds is 4. The minimum absolute atomic E-state index is 0.120. The number of nitrogens with zero attached hydrogens (tertiary/aromatic N) is 2. The average molecular weight is 352 g/mol. The molecule has 7 heteroatoms. The first kappa shape index (κ1) is 15.6. The molecule has 0 spiro atoms. The molecule has 4 rings (SSSR count). The maximum Gasteiger partial charge on any atom is 0.234 e. The van der Waals surface area contributed by atoms with Crippen molar-refractivity contribution < 1.29 is 9.18 Å². The summed E-state index contributed by atoms with van der Waals surface area (Å²) >= 11 is 1.31. The first-order chi connectivity index (χ1) is 12.2. The van der Waals surface area contributed by atoms with Crippen molar-refractivity contribution in [1.82, 2.24) is 15.0 Å². The van der Waals surface area contributed by atoms with E-state index in [9.17, 15) is 9.18 Å². The van der Waals surface area contributed by atoms with Crippen molar-refractivity contribution in [1.29, 1.82) is 0 Å². The number of aromatic nitrogens is 3. The SMILES string of the molecule is O=C(CSc1ncnc2c1[nH]c1ccc(F)cc12)Nc1ccccc1. The Bertz CT molecular complexity index is 1060. The molecule has 2 aromatic carbocycles. The maximum atomic E-state index is 13.5. The van der Waals surface area contributed by atoms with Gasteiger partial charge in [0.1, 0.15) is 22.7 Å². The summed E-state index contributed by atoms with van der Waals surface area (Å²) in [4.78, 5) is 23.8. The van der Waals surface area contributed by atoms with E-state index in [1.165, 1.54) is 30.2 Å². The fraction of sp³-hybridized carbons (Fsp3) is 0.0556. The van der Waals surface area contributed by atoms with Crippen molar-refractivity contribution in [3.8, 4) is 0 Å². The highest BCUT2D eigenvalue weighted by atomic mass is 32.2. The lowest BCUT2D eigenvalue weighted by Crippen LogP contribution is -2.14. The summed E-state index contributed by atoms with van der Waals surface area (Å²) in [7, 11) is 0. The number of carbonyl (C=O) groups excluding carboxylic acids is 1. The van der Waals surface area contributed by atoms with Crippen LogP contribution >= 0.6 is 11.8 Å². The summed E-state index contributed by atoms with van der Waals surface area (Å²) in [6.07, 6.45) is 1.43. The molecule has 0 saturated carbocycles. The zero-order valence-electron chi connectivity index (χ0n) is 13.0. The highest BCUT2D eigenvalue weighted by Crippen LogP contribution is 2.30. The standard InChI is InChI=1S/C18H13FN4OS/c19-11-6-7-14-13(8-11)16-17(23-14)18(21-10-20-16)25-9-15(24)22-12-4-2-1-3-5-12/h1-8,10,23H,9H2,(H,22,24). The molecule has 0 bridgehead atoms. The van der Waals surface area contributed by atoms with Crippen molar-refractivity contribution in [2.24, 2.45) is 0 Å². The molecule has 2 N–H and O–H groups in total. The van der Waals surface area contributed by atoms with E-state index in [4.69, 9.17) is 0 Å². The second kappa shape index (κ2) is 6.52. The summed E-state index contributed by atoms with van der Waals surface area (Å²) in [5.41, 5.74) is 2.89. The van der Waals surface area contributed by atoms with Gasteiger partial charge in [-0.25, -0.2) is 14.4 Å². The quantitative estimate of drug-likeness (QED) is 0.430. The molecule has 0 aliphatic rings. The number of fused-ring (bicyclic) bond motifs is 3. The molecule has 2 aromatic heterocycles. The summed E-state index contributed by atoms with van der Waals surface area (Å²) in [6.45, 7) is 0. The van der Waals surface area contributed by atoms with Gasteiger partial charge in [-0.15, -0.1) is 0 Å². The van der Waals surface area contributed by atoms with Gasteiger partial charge in [0.25, 0.3) is 0 Å². The molecule has 25 heavy (non-hydrogen) atoms. The normalized spacial score (nSPS) is 11.1. The van der Waals surface area contributed by atoms with E-state index in [1.807, 2.05) is 30.3 Å². The largest absolute Gasteiger partial charge is 0.351 e. The number of anilines is 1. The molecule has 2 heterocycles. The molecule has 0 aliphatic heterocycles. The van der Waals surface area contributed by atoms with Gasteiger partial charge in [-0.05, 0) is 30.3 Å². The van der Waals surface area contributed by atoms with Crippen molar-refractivity contribution in [2.45, 2.75) is 5.03 Å². The number of para-hydroxylation sites is 1. The van der Waals surface area contributed by atoms with Gasteiger partial charge in [-0.1, -0.05) is 30.0 Å². The van der Waals surface area contributed by atoms with Crippen LogP contribution in [0.15, 0.2) is 59.9 Å². The molecule has 0 saturated heterocycles. The highest BCUT2D eigenvalue weighted by molar-refractivity contribution is 8.00. The smallest absolute Gasteiger partial charge is 0.234 e. The van der Waals surface area contributed by atoms with E-state index in [-0.39, 0.29) is 17.5 Å². The number of hydrogen-bond acceptors (Lipinski definition) is 4. The first-order valence-corrected chi connectivity index (χ1v) is 8.59. The number of benzene rings is 2. The number of aromatic amines is 1. The highest BCUT2D eigenvalue weighted by Gasteiger charge is 2.13. The average Bonchev–Trinajstić information content (AvgIpc) is 2.99. The molecule has 0 unspecified atom stereocenters. The van der Waals surface area contributed by atoms with Crippen LogP contribution in [-0.4, -0.2) is 26.6 Å². The van der Waals surface area contributed by atoms with Crippen molar-refractivity contribution >= 4 is 45.3 Å². The second-order valence-corrected chi connectivity index (χ2v) is 6.38. The Morgan fingerprint density at radius 1 is 1.16 bits per heavy atom. The van der Waals surface area contributed by atoms with E-state index >= 15 is 0 Å². The van der Waals surface area contributed by atoms with Gasteiger partial charge in [0, 0.05) is 16.6 Å². The van der Waals surface area contributed by atoms with Crippen LogP contribution in [0.5, 0.6) is 0 Å². The number of nitrogens with one attached hydrogen (secondary N) is 2. The lowest BCUT2D eigenvalue weighted by Gasteiger charge is -2.05.